The number of nitrogens with zero attached hydrogens (tertiary/aromatic N) is 2. The Morgan fingerprint density at radius 2 is 2.05 bits per heavy atom. The van der Waals surface area contributed by atoms with E-state index in [0.29, 0.717) is 5.69 Å². The maximum atomic E-state index is 12.6. The standard InChI is InChI=1S/C13H13ClN2O3S/c1-2-16(10-4-3-5-11(17)8-10)20(18,19)12-6-7-15-13(14)9-12/h3-9,17H,2H2,1H3. The molecular formula is C13H13ClN2O3S. The van der Waals surface area contributed by atoms with Gasteiger partial charge in [0.25, 0.3) is 10.0 Å². The third-order valence-electron chi connectivity index (χ3n) is 2.69. The van der Waals surface area contributed by atoms with Crippen LogP contribution in [-0.4, -0.2) is 25.1 Å². The van der Waals surface area contributed by atoms with E-state index in [0.717, 1.165) is 0 Å². The molecule has 0 aliphatic carbocycles. The van der Waals surface area contributed by atoms with E-state index in [-0.39, 0.29) is 22.3 Å². The number of hydrogen-bond donors (Lipinski definition) is 1. The summed E-state index contributed by atoms with van der Waals surface area (Å²) in [6, 6.07) is 8.75. The van der Waals surface area contributed by atoms with Crippen molar-refractivity contribution in [2.45, 2.75) is 11.8 Å². The Balaban J connectivity index is 2.50. The molecule has 0 spiro atoms. The number of pyridine rings is 1. The van der Waals surface area contributed by atoms with Crippen LogP contribution in [0.2, 0.25) is 5.15 Å². The van der Waals surface area contributed by atoms with Gasteiger partial charge < -0.3 is 5.11 Å². The predicted octanol–water partition coefficient (Wildman–Crippen LogP) is 2.66. The highest BCUT2D eigenvalue weighted by atomic mass is 35.5. The highest BCUT2D eigenvalue weighted by molar-refractivity contribution is 7.92. The second-order valence-electron chi connectivity index (χ2n) is 4.00. The third kappa shape index (κ3) is 2.86. The van der Waals surface area contributed by atoms with Gasteiger partial charge in [0.1, 0.15) is 10.9 Å². The zero-order chi connectivity index (χ0) is 14.8. The Morgan fingerprint density at radius 1 is 1.30 bits per heavy atom. The summed E-state index contributed by atoms with van der Waals surface area (Å²) >= 11 is 5.74. The summed E-state index contributed by atoms with van der Waals surface area (Å²) in [4.78, 5) is 3.83. The fraction of sp³-hybridized carbons (Fsp3) is 0.154. The van der Waals surface area contributed by atoms with Crippen LogP contribution in [-0.2, 0) is 10.0 Å². The van der Waals surface area contributed by atoms with E-state index >= 15 is 0 Å². The van der Waals surface area contributed by atoms with Gasteiger partial charge in [0.2, 0.25) is 0 Å². The average Bonchev–Trinajstić information content (AvgIpc) is 2.39. The summed E-state index contributed by atoms with van der Waals surface area (Å²) in [6.45, 7) is 1.94. The number of phenols is 1. The second-order valence-corrected chi connectivity index (χ2v) is 6.25. The lowest BCUT2D eigenvalue weighted by Crippen LogP contribution is -2.30. The molecule has 1 heterocycles. The van der Waals surface area contributed by atoms with Gasteiger partial charge in [0.05, 0.1) is 10.6 Å². The van der Waals surface area contributed by atoms with Gasteiger partial charge in [0.15, 0.2) is 0 Å². The fourth-order valence-electron chi connectivity index (χ4n) is 1.81. The van der Waals surface area contributed by atoms with Gasteiger partial charge in [-0.2, -0.15) is 0 Å². The van der Waals surface area contributed by atoms with Crippen molar-refractivity contribution in [3.8, 4) is 5.75 Å². The van der Waals surface area contributed by atoms with Gasteiger partial charge in [-0.1, -0.05) is 17.7 Å². The van der Waals surface area contributed by atoms with E-state index in [9.17, 15) is 13.5 Å². The topological polar surface area (TPSA) is 70.5 Å². The van der Waals surface area contributed by atoms with Gasteiger partial charge in [0, 0.05) is 18.8 Å². The number of aromatic nitrogens is 1. The molecule has 0 fully saturated rings. The van der Waals surface area contributed by atoms with Crippen molar-refractivity contribution in [3.05, 3.63) is 47.7 Å². The van der Waals surface area contributed by atoms with Crippen molar-refractivity contribution in [2.24, 2.45) is 0 Å². The number of phenolic OH excluding ortho intramolecular Hbond substituents is 1. The molecule has 0 aliphatic heterocycles. The molecule has 0 atom stereocenters. The lowest BCUT2D eigenvalue weighted by Gasteiger charge is -2.23. The van der Waals surface area contributed by atoms with Crippen LogP contribution in [0.25, 0.3) is 0 Å². The van der Waals surface area contributed by atoms with E-state index in [2.05, 4.69) is 4.98 Å². The van der Waals surface area contributed by atoms with Crippen LogP contribution in [0.3, 0.4) is 0 Å². The molecule has 7 heteroatoms. The monoisotopic (exact) mass is 312 g/mol. The van der Waals surface area contributed by atoms with Crippen LogP contribution in [0, 0.1) is 0 Å². The minimum absolute atomic E-state index is 0.00362. The van der Waals surface area contributed by atoms with Crippen molar-refractivity contribution in [2.75, 3.05) is 10.8 Å². The summed E-state index contributed by atoms with van der Waals surface area (Å²) in [7, 11) is -3.75. The van der Waals surface area contributed by atoms with Crippen LogP contribution in [0.4, 0.5) is 5.69 Å². The van der Waals surface area contributed by atoms with Crippen molar-refractivity contribution in [1.29, 1.82) is 0 Å². The van der Waals surface area contributed by atoms with E-state index in [1.165, 1.54) is 34.8 Å². The van der Waals surface area contributed by atoms with Crippen molar-refractivity contribution in [1.82, 2.24) is 4.98 Å². The lowest BCUT2D eigenvalue weighted by molar-refractivity contribution is 0.475. The Hall–Kier alpha value is -1.79. The van der Waals surface area contributed by atoms with Crippen molar-refractivity contribution in [3.63, 3.8) is 0 Å². The Morgan fingerprint density at radius 3 is 2.65 bits per heavy atom. The van der Waals surface area contributed by atoms with Gasteiger partial charge in [-0.15, -0.1) is 0 Å². The first-order valence-corrected chi connectivity index (χ1v) is 7.70. The smallest absolute Gasteiger partial charge is 0.264 e. The van der Waals surface area contributed by atoms with Gasteiger partial charge in [-0.05, 0) is 31.2 Å². The molecular weight excluding hydrogens is 300 g/mol. The quantitative estimate of drug-likeness (QED) is 0.881. The minimum atomic E-state index is -3.75. The Labute approximate surface area is 122 Å². The molecule has 1 aromatic carbocycles. The molecule has 5 nitrogen and oxygen atoms in total. The number of rotatable bonds is 4. The number of halogens is 1. The van der Waals surface area contributed by atoms with Crippen LogP contribution >= 0.6 is 11.6 Å². The van der Waals surface area contributed by atoms with E-state index in [1.807, 2.05) is 0 Å². The second kappa shape index (κ2) is 5.68. The predicted molar refractivity (Wildman–Crippen MR) is 77.6 cm³/mol. The molecule has 2 rings (SSSR count). The van der Waals surface area contributed by atoms with Crippen LogP contribution in [0.1, 0.15) is 6.92 Å². The Bertz CT molecular complexity index is 719. The maximum absolute atomic E-state index is 12.6. The van der Waals surface area contributed by atoms with E-state index in [4.69, 9.17) is 11.6 Å². The number of benzene rings is 1. The van der Waals surface area contributed by atoms with Crippen LogP contribution < -0.4 is 4.31 Å². The summed E-state index contributed by atoms with van der Waals surface area (Å²) in [5.41, 5.74) is 0.389. The first kappa shape index (κ1) is 14.6. The molecule has 0 aliphatic rings. The first-order valence-electron chi connectivity index (χ1n) is 5.88. The number of sulfonamides is 1. The number of hydrogen-bond acceptors (Lipinski definition) is 4. The molecule has 0 radical (unpaired) electrons. The molecule has 0 unspecified atom stereocenters. The molecule has 0 saturated carbocycles. The van der Waals surface area contributed by atoms with Gasteiger partial charge >= 0.3 is 0 Å². The molecule has 0 bridgehead atoms. The number of aromatic hydroxyl groups is 1. The Kier molecular flexibility index (Phi) is 4.15. The SMILES string of the molecule is CCN(c1cccc(O)c1)S(=O)(=O)c1ccnc(Cl)c1. The largest absolute Gasteiger partial charge is 0.508 e. The van der Waals surface area contributed by atoms with E-state index < -0.39 is 10.0 Å². The zero-order valence-electron chi connectivity index (χ0n) is 10.7. The van der Waals surface area contributed by atoms with Crippen LogP contribution in [0.5, 0.6) is 5.75 Å². The highest BCUT2D eigenvalue weighted by Gasteiger charge is 2.24. The van der Waals surface area contributed by atoms with Gasteiger partial charge in [-0.25, -0.2) is 13.4 Å². The fourth-order valence-corrected chi connectivity index (χ4v) is 3.53. The summed E-state index contributed by atoms with van der Waals surface area (Å²) < 4.78 is 26.4. The number of anilines is 1. The summed E-state index contributed by atoms with van der Waals surface area (Å²) in [5.74, 6) is 0.00362. The molecule has 0 amide bonds. The molecule has 0 saturated heterocycles. The van der Waals surface area contributed by atoms with E-state index in [1.54, 1.807) is 19.1 Å². The molecule has 2 aromatic rings. The summed E-state index contributed by atoms with van der Waals surface area (Å²) in [6.07, 6.45) is 1.34. The summed E-state index contributed by atoms with van der Waals surface area (Å²) in [5, 5.41) is 9.59. The molecule has 1 N–H and O–H groups in total. The lowest BCUT2D eigenvalue weighted by atomic mass is 10.3. The molecule has 106 valence electrons. The molecule has 1 aromatic heterocycles. The van der Waals surface area contributed by atoms with Gasteiger partial charge in [-0.3, -0.25) is 4.31 Å². The first-order chi connectivity index (χ1) is 9.45. The zero-order valence-corrected chi connectivity index (χ0v) is 12.3. The van der Waals surface area contributed by atoms with Crippen LogP contribution in [0.15, 0.2) is 47.5 Å². The highest BCUT2D eigenvalue weighted by Crippen LogP contribution is 2.26. The maximum Gasteiger partial charge on any atom is 0.264 e. The molecule has 20 heavy (non-hydrogen) atoms. The average molecular weight is 313 g/mol. The normalized spacial score (nSPS) is 11.3. The van der Waals surface area contributed by atoms with Crippen molar-refractivity contribution >= 4 is 27.3 Å². The third-order valence-corrected chi connectivity index (χ3v) is 4.80. The van der Waals surface area contributed by atoms with Crippen molar-refractivity contribution < 1.29 is 13.5 Å². The minimum Gasteiger partial charge on any atom is -0.508 e.